The van der Waals surface area contributed by atoms with E-state index in [0.717, 1.165) is 18.4 Å². The molecule has 1 aliphatic rings. The van der Waals surface area contributed by atoms with E-state index in [1.807, 2.05) is 12.1 Å². The average molecular weight is 320 g/mol. The predicted molar refractivity (Wildman–Crippen MR) is 90.3 cm³/mol. The van der Waals surface area contributed by atoms with Crippen LogP contribution in [0.25, 0.3) is 0 Å². The quantitative estimate of drug-likeness (QED) is 0.876. The molecule has 2 N–H and O–H groups in total. The molecule has 0 heterocycles. The Balaban J connectivity index is 1.67. The van der Waals surface area contributed by atoms with Gasteiger partial charge in [-0.2, -0.15) is 0 Å². The molecule has 3 heteroatoms. The lowest BCUT2D eigenvalue weighted by Gasteiger charge is -2.14. The molecule has 0 radical (unpaired) electrons. The van der Waals surface area contributed by atoms with Gasteiger partial charge in [0.15, 0.2) is 0 Å². The smallest absolute Gasteiger partial charge is 0.0453 e. The first-order valence-electron chi connectivity index (χ1n) is 7.42. The minimum Gasteiger partial charge on any atom is -0.327 e. The van der Waals surface area contributed by atoms with E-state index >= 15 is 0 Å². The van der Waals surface area contributed by atoms with Crippen LogP contribution >= 0.6 is 23.2 Å². The molecule has 110 valence electrons. The third-order valence-corrected chi connectivity index (χ3v) is 4.74. The molecule has 2 aromatic rings. The Bertz CT molecular complexity index is 652. The molecule has 0 saturated heterocycles. The Morgan fingerprint density at radius 2 is 1.76 bits per heavy atom. The Kier molecular flexibility index (Phi) is 4.54. The Morgan fingerprint density at radius 1 is 0.952 bits per heavy atom. The summed E-state index contributed by atoms with van der Waals surface area (Å²) in [5, 5.41) is 1.36. The molecular weight excluding hydrogens is 301 g/mol. The first-order chi connectivity index (χ1) is 10.1. The van der Waals surface area contributed by atoms with E-state index in [2.05, 4.69) is 18.2 Å². The second-order valence-corrected chi connectivity index (χ2v) is 6.70. The van der Waals surface area contributed by atoms with Gasteiger partial charge in [-0.15, -0.1) is 0 Å². The number of halogens is 2. The van der Waals surface area contributed by atoms with Crippen molar-refractivity contribution < 1.29 is 0 Å². The third-order valence-electron chi connectivity index (χ3n) is 4.16. The fourth-order valence-electron chi connectivity index (χ4n) is 3.10. The summed E-state index contributed by atoms with van der Waals surface area (Å²) >= 11 is 12.1. The van der Waals surface area contributed by atoms with E-state index in [9.17, 15) is 0 Å². The number of rotatable bonds is 4. The minimum atomic E-state index is 0.0723. The summed E-state index contributed by atoms with van der Waals surface area (Å²) in [6, 6.07) is 12.5. The van der Waals surface area contributed by atoms with Crippen LogP contribution in [0, 0.1) is 0 Å². The first-order valence-corrected chi connectivity index (χ1v) is 8.17. The van der Waals surface area contributed by atoms with E-state index in [4.69, 9.17) is 28.9 Å². The van der Waals surface area contributed by atoms with Crippen molar-refractivity contribution in [3.63, 3.8) is 0 Å². The van der Waals surface area contributed by atoms with Crippen LogP contribution in [0.1, 0.15) is 28.7 Å². The number of hydrogen-bond acceptors (Lipinski definition) is 1. The van der Waals surface area contributed by atoms with Crippen LogP contribution in [0.5, 0.6) is 0 Å². The van der Waals surface area contributed by atoms with Gasteiger partial charge in [0.25, 0.3) is 0 Å². The summed E-state index contributed by atoms with van der Waals surface area (Å²) in [6.45, 7) is 0. The molecule has 0 bridgehead atoms. The topological polar surface area (TPSA) is 26.0 Å². The van der Waals surface area contributed by atoms with Gasteiger partial charge in [0.2, 0.25) is 0 Å². The van der Waals surface area contributed by atoms with Gasteiger partial charge in [0.05, 0.1) is 0 Å². The van der Waals surface area contributed by atoms with Gasteiger partial charge in [-0.25, -0.2) is 0 Å². The maximum Gasteiger partial charge on any atom is 0.0453 e. The molecule has 21 heavy (non-hydrogen) atoms. The molecule has 2 aromatic carbocycles. The highest BCUT2D eigenvalue weighted by Crippen LogP contribution is 2.25. The lowest BCUT2D eigenvalue weighted by molar-refractivity contribution is 0.664. The molecule has 1 aliphatic carbocycles. The molecule has 3 rings (SSSR count). The van der Waals surface area contributed by atoms with Crippen LogP contribution in [0.15, 0.2) is 36.4 Å². The first kappa shape index (κ1) is 14.9. The van der Waals surface area contributed by atoms with Crippen molar-refractivity contribution >= 4 is 23.2 Å². The van der Waals surface area contributed by atoms with Crippen LogP contribution in [0.2, 0.25) is 10.0 Å². The molecule has 0 spiro atoms. The SMILES string of the molecule is NC(Cc1ccc2c(c1)CCC2)Cc1ccc(Cl)cc1Cl. The molecule has 0 aromatic heterocycles. The van der Waals surface area contributed by atoms with E-state index in [0.29, 0.717) is 10.0 Å². The maximum atomic E-state index is 6.30. The summed E-state index contributed by atoms with van der Waals surface area (Å²) in [5.74, 6) is 0. The molecule has 1 unspecified atom stereocenters. The number of hydrogen-bond donors (Lipinski definition) is 1. The van der Waals surface area contributed by atoms with Crippen LogP contribution in [-0.2, 0) is 25.7 Å². The second kappa shape index (κ2) is 6.39. The van der Waals surface area contributed by atoms with Crippen LogP contribution < -0.4 is 5.73 Å². The normalized spacial score (nSPS) is 15.0. The molecule has 0 amide bonds. The maximum absolute atomic E-state index is 6.30. The molecule has 0 saturated carbocycles. The van der Waals surface area contributed by atoms with E-state index in [-0.39, 0.29) is 6.04 Å². The number of nitrogens with two attached hydrogens (primary N) is 1. The largest absolute Gasteiger partial charge is 0.327 e. The lowest BCUT2D eigenvalue weighted by atomic mass is 9.97. The highest BCUT2D eigenvalue weighted by Gasteiger charge is 2.13. The van der Waals surface area contributed by atoms with Gasteiger partial charge in [-0.3, -0.25) is 0 Å². The standard InChI is InChI=1S/C18H19Cl2N/c19-16-7-6-15(18(20)11-16)10-17(21)9-12-4-5-13-2-1-3-14(13)8-12/h4-8,11,17H,1-3,9-10,21H2. The monoisotopic (exact) mass is 319 g/mol. The zero-order valence-corrected chi connectivity index (χ0v) is 13.4. The van der Waals surface area contributed by atoms with Crippen molar-refractivity contribution in [1.82, 2.24) is 0 Å². The van der Waals surface area contributed by atoms with Crippen molar-refractivity contribution in [3.8, 4) is 0 Å². The summed E-state index contributed by atoms with van der Waals surface area (Å²) in [6.07, 6.45) is 5.37. The van der Waals surface area contributed by atoms with Crippen molar-refractivity contribution in [3.05, 3.63) is 68.7 Å². The average Bonchev–Trinajstić information content (AvgIpc) is 2.89. The number of aryl methyl sites for hydroxylation is 2. The fraction of sp³-hybridized carbons (Fsp3) is 0.333. The lowest BCUT2D eigenvalue weighted by Crippen LogP contribution is -2.25. The van der Waals surface area contributed by atoms with E-state index < -0.39 is 0 Å². The minimum absolute atomic E-state index is 0.0723. The summed E-state index contributed by atoms with van der Waals surface area (Å²) in [7, 11) is 0. The van der Waals surface area contributed by atoms with Crippen molar-refractivity contribution in [1.29, 1.82) is 0 Å². The van der Waals surface area contributed by atoms with Crippen molar-refractivity contribution in [2.24, 2.45) is 5.73 Å². The summed E-state index contributed by atoms with van der Waals surface area (Å²) in [4.78, 5) is 0. The zero-order chi connectivity index (χ0) is 14.8. The van der Waals surface area contributed by atoms with Gasteiger partial charge in [0, 0.05) is 16.1 Å². The van der Waals surface area contributed by atoms with Gasteiger partial charge >= 0.3 is 0 Å². The Hall–Kier alpha value is -1.02. The third kappa shape index (κ3) is 3.60. The highest BCUT2D eigenvalue weighted by atomic mass is 35.5. The highest BCUT2D eigenvalue weighted by molar-refractivity contribution is 6.35. The van der Waals surface area contributed by atoms with Crippen LogP contribution in [0.3, 0.4) is 0 Å². The van der Waals surface area contributed by atoms with Gasteiger partial charge in [0.1, 0.15) is 0 Å². The predicted octanol–water partition coefficient (Wildman–Crippen LogP) is 4.59. The molecular formula is C18H19Cl2N. The van der Waals surface area contributed by atoms with Crippen molar-refractivity contribution in [2.45, 2.75) is 38.1 Å². The molecule has 1 nitrogen and oxygen atoms in total. The molecule has 0 aliphatic heterocycles. The zero-order valence-electron chi connectivity index (χ0n) is 11.9. The second-order valence-electron chi connectivity index (χ2n) is 5.86. The van der Waals surface area contributed by atoms with Crippen LogP contribution in [0.4, 0.5) is 0 Å². The van der Waals surface area contributed by atoms with Gasteiger partial charge in [-0.05, 0) is 66.5 Å². The van der Waals surface area contributed by atoms with E-state index in [1.165, 1.54) is 36.0 Å². The molecule has 0 fully saturated rings. The molecule has 1 atom stereocenters. The van der Waals surface area contributed by atoms with Gasteiger partial charge in [-0.1, -0.05) is 47.5 Å². The Morgan fingerprint density at radius 3 is 2.57 bits per heavy atom. The number of benzene rings is 2. The van der Waals surface area contributed by atoms with Crippen molar-refractivity contribution in [2.75, 3.05) is 0 Å². The summed E-state index contributed by atoms with van der Waals surface area (Å²) < 4.78 is 0. The number of fused-ring (bicyclic) bond motifs is 1. The fourth-order valence-corrected chi connectivity index (χ4v) is 3.58. The Labute approximate surface area is 136 Å². The van der Waals surface area contributed by atoms with Crippen LogP contribution in [-0.4, -0.2) is 6.04 Å². The van der Waals surface area contributed by atoms with E-state index in [1.54, 1.807) is 6.07 Å². The van der Waals surface area contributed by atoms with Gasteiger partial charge < -0.3 is 5.73 Å². The summed E-state index contributed by atoms with van der Waals surface area (Å²) in [5.41, 5.74) is 11.7.